The smallest absolute Gasteiger partial charge is 0.168 e. The highest BCUT2D eigenvalue weighted by Crippen LogP contribution is 2.16. The molecule has 0 radical (unpaired) electrons. The van der Waals surface area contributed by atoms with Crippen LogP contribution in [-0.4, -0.2) is 16.3 Å². The van der Waals surface area contributed by atoms with E-state index < -0.39 is 0 Å². The van der Waals surface area contributed by atoms with E-state index >= 15 is 0 Å². The number of aromatic nitrogens is 2. The number of nitrogens with two attached hydrogens (primary N) is 1. The van der Waals surface area contributed by atoms with Crippen molar-refractivity contribution in [2.75, 3.05) is 5.73 Å². The lowest BCUT2D eigenvalue weighted by Crippen LogP contribution is -2.06. The first-order chi connectivity index (χ1) is 8.69. The van der Waals surface area contributed by atoms with Gasteiger partial charge in [0.15, 0.2) is 12.1 Å². The normalized spacial score (nSPS) is 10.1. The summed E-state index contributed by atoms with van der Waals surface area (Å²) in [6.45, 7) is 0.172. The zero-order valence-corrected chi connectivity index (χ0v) is 10.1. The molecule has 5 nitrogen and oxygen atoms in total. The summed E-state index contributed by atoms with van der Waals surface area (Å²) >= 11 is 5.75. The molecule has 0 amide bonds. The summed E-state index contributed by atoms with van der Waals surface area (Å²) in [5.41, 5.74) is 5.83. The summed E-state index contributed by atoms with van der Waals surface area (Å²) in [7, 11) is 0. The summed E-state index contributed by atoms with van der Waals surface area (Å²) in [6, 6.07) is 6.93. The standard InChI is InChI=1S/C12H10ClN3O2/c13-9-1-3-10(4-2-9)18-7-11-15-5-8(6-17)12(14)16-11/h1-6H,7H2,(H2,14,15,16). The van der Waals surface area contributed by atoms with Gasteiger partial charge in [0.25, 0.3) is 0 Å². The highest BCUT2D eigenvalue weighted by molar-refractivity contribution is 6.30. The molecule has 18 heavy (non-hydrogen) atoms. The second-order valence-electron chi connectivity index (χ2n) is 3.49. The van der Waals surface area contributed by atoms with Gasteiger partial charge < -0.3 is 10.5 Å². The monoisotopic (exact) mass is 263 g/mol. The van der Waals surface area contributed by atoms with Crippen LogP contribution in [0.25, 0.3) is 0 Å². The number of ether oxygens (including phenoxy) is 1. The van der Waals surface area contributed by atoms with Crippen LogP contribution >= 0.6 is 11.6 Å². The van der Waals surface area contributed by atoms with Crippen molar-refractivity contribution in [1.29, 1.82) is 0 Å². The maximum absolute atomic E-state index is 10.5. The molecule has 6 heteroatoms. The zero-order chi connectivity index (χ0) is 13.0. The first kappa shape index (κ1) is 12.3. The molecule has 0 atom stereocenters. The molecule has 1 heterocycles. The minimum absolute atomic E-state index is 0.148. The van der Waals surface area contributed by atoms with Crippen LogP contribution in [0.5, 0.6) is 5.75 Å². The molecular formula is C12H10ClN3O2. The number of nitrogens with zero attached hydrogens (tertiary/aromatic N) is 2. The van der Waals surface area contributed by atoms with Crippen LogP contribution in [0.2, 0.25) is 5.02 Å². The molecule has 0 saturated heterocycles. The molecule has 1 aromatic carbocycles. The maximum atomic E-state index is 10.5. The lowest BCUT2D eigenvalue weighted by molar-refractivity contribution is 0.112. The van der Waals surface area contributed by atoms with Crippen LogP contribution in [0.4, 0.5) is 5.82 Å². The largest absolute Gasteiger partial charge is 0.486 e. The third kappa shape index (κ3) is 2.95. The highest BCUT2D eigenvalue weighted by atomic mass is 35.5. The Morgan fingerprint density at radius 2 is 2.06 bits per heavy atom. The van der Waals surface area contributed by atoms with Crippen LogP contribution in [0.15, 0.2) is 30.5 Å². The molecule has 0 bridgehead atoms. The van der Waals surface area contributed by atoms with E-state index in [9.17, 15) is 4.79 Å². The second kappa shape index (κ2) is 5.46. The number of carbonyl (C=O) groups excluding carboxylic acids is 1. The summed E-state index contributed by atoms with van der Waals surface area (Å²) in [5.74, 6) is 1.21. The number of anilines is 1. The van der Waals surface area contributed by atoms with Crippen molar-refractivity contribution in [3.8, 4) is 5.75 Å². The summed E-state index contributed by atoms with van der Waals surface area (Å²) in [6.07, 6.45) is 1.98. The summed E-state index contributed by atoms with van der Waals surface area (Å²) in [4.78, 5) is 18.5. The van der Waals surface area contributed by atoms with Crippen LogP contribution < -0.4 is 10.5 Å². The van der Waals surface area contributed by atoms with Crippen LogP contribution in [-0.2, 0) is 6.61 Å². The molecule has 0 spiro atoms. The van der Waals surface area contributed by atoms with Gasteiger partial charge >= 0.3 is 0 Å². The van der Waals surface area contributed by atoms with E-state index in [2.05, 4.69) is 9.97 Å². The minimum atomic E-state index is 0.148. The number of hydrogen-bond donors (Lipinski definition) is 1. The maximum Gasteiger partial charge on any atom is 0.168 e. The number of nitrogen functional groups attached to an aromatic ring is 1. The minimum Gasteiger partial charge on any atom is -0.486 e. The predicted octanol–water partition coefficient (Wildman–Crippen LogP) is 2.10. The van der Waals surface area contributed by atoms with Crippen molar-refractivity contribution in [1.82, 2.24) is 9.97 Å². The van der Waals surface area contributed by atoms with Crippen LogP contribution in [0.1, 0.15) is 16.2 Å². The van der Waals surface area contributed by atoms with Gasteiger partial charge in [0, 0.05) is 11.2 Å². The van der Waals surface area contributed by atoms with E-state index in [1.165, 1.54) is 6.20 Å². The van der Waals surface area contributed by atoms with Crippen molar-refractivity contribution >= 4 is 23.7 Å². The van der Waals surface area contributed by atoms with Crippen molar-refractivity contribution < 1.29 is 9.53 Å². The van der Waals surface area contributed by atoms with Crippen LogP contribution in [0, 0.1) is 0 Å². The quantitative estimate of drug-likeness (QED) is 0.855. The van der Waals surface area contributed by atoms with Crippen molar-refractivity contribution in [3.63, 3.8) is 0 Å². The highest BCUT2D eigenvalue weighted by Gasteiger charge is 2.04. The number of benzene rings is 1. The molecule has 0 fully saturated rings. The Morgan fingerprint density at radius 3 is 2.67 bits per heavy atom. The first-order valence-corrected chi connectivity index (χ1v) is 5.52. The SMILES string of the molecule is Nc1nc(COc2ccc(Cl)cc2)ncc1C=O. The van der Waals surface area contributed by atoms with Crippen molar-refractivity contribution in [2.24, 2.45) is 0 Å². The number of hydrogen-bond acceptors (Lipinski definition) is 5. The van der Waals surface area contributed by atoms with E-state index in [1.54, 1.807) is 24.3 Å². The Balaban J connectivity index is 2.04. The average Bonchev–Trinajstić information content (AvgIpc) is 2.38. The van der Waals surface area contributed by atoms with E-state index in [4.69, 9.17) is 22.1 Å². The van der Waals surface area contributed by atoms with E-state index in [1.807, 2.05) is 0 Å². The van der Waals surface area contributed by atoms with Gasteiger partial charge in [-0.05, 0) is 24.3 Å². The Labute approximate surface area is 109 Å². The van der Waals surface area contributed by atoms with Gasteiger partial charge in [-0.15, -0.1) is 0 Å². The molecular weight excluding hydrogens is 254 g/mol. The fraction of sp³-hybridized carbons (Fsp3) is 0.0833. The van der Waals surface area contributed by atoms with Gasteiger partial charge in [-0.3, -0.25) is 4.79 Å². The molecule has 0 aliphatic heterocycles. The third-order valence-electron chi connectivity index (χ3n) is 2.21. The fourth-order valence-electron chi connectivity index (χ4n) is 1.28. The summed E-state index contributed by atoms with van der Waals surface area (Å²) in [5, 5.41) is 0.637. The molecule has 2 rings (SSSR count). The number of halogens is 1. The lowest BCUT2D eigenvalue weighted by atomic mass is 10.3. The third-order valence-corrected chi connectivity index (χ3v) is 2.46. The predicted molar refractivity (Wildman–Crippen MR) is 67.6 cm³/mol. The van der Waals surface area contributed by atoms with E-state index in [-0.39, 0.29) is 18.0 Å². The molecule has 2 N–H and O–H groups in total. The van der Waals surface area contributed by atoms with Gasteiger partial charge in [0.2, 0.25) is 0 Å². The number of carbonyl (C=O) groups is 1. The van der Waals surface area contributed by atoms with E-state index in [0.29, 0.717) is 22.9 Å². The van der Waals surface area contributed by atoms with Gasteiger partial charge in [-0.2, -0.15) is 0 Å². The van der Waals surface area contributed by atoms with Crippen LogP contribution in [0.3, 0.4) is 0 Å². The Bertz CT molecular complexity index is 558. The molecule has 0 aliphatic rings. The molecule has 0 saturated carbocycles. The molecule has 0 aliphatic carbocycles. The summed E-state index contributed by atoms with van der Waals surface area (Å²) < 4.78 is 5.45. The Hall–Kier alpha value is -2.14. The number of aldehydes is 1. The lowest BCUT2D eigenvalue weighted by Gasteiger charge is -2.06. The second-order valence-corrected chi connectivity index (χ2v) is 3.92. The zero-order valence-electron chi connectivity index (χ0n) is 9.34. The van der Waals surface area contributed by atoms with Gasteiger partial charge in [-0.25, -0.2) is 9.97 Å². The topological polar surface area (TPSA) is 78.1 Å². The first-order valence-electron chi connectivity index (χ1n) is 5.14. The fourth-order valence-corrected chi connectivity index (χ4v) is 1.41. The van der Waals surface area contributed by atoms with Gasteiger partial charge in [0.05, 0.1) is 5.56 Å². The van der Waals surface area contributed by atoms with Gasteiger partial charge in [0.1, 0.15) is 18.2 Å². The Kier molecular flexibility index (Phi) is 3.74. The van der Waals surface area contributed by atoms with Gasteiger partial charge in [-0.1, -0.05) is 11.6 Å². The Morgan fingerprint density at radius 1 is 1.33 bits per heavy atom. The molecule has 0 unspecified atom stereocenters. The molecule has 2 aromatic rings. The molecule has 1 aromatic heterocycles. The van der Waals surface area contributed by atoms with Crippen molar-refractivity contribution in [3.05, 3.63) is 46.9 Å². The number of rotatable bonds is 4. The van der Waals surface area contributed by atoms with E-state index in [0.717, 1.165) is 0 Å². The molecule has 92 valence electrons. The average molecular weight is 264 g/mol. The van der Waals surface area contributed by atoms with Crippen molar-refractivity contribution in [2.45, 2.75) is 6.61 Å².